The summed E-state index contributed by atoms with van der Waals surface area (Å²) in [6.45, 7) is 5.08. The maximum atomic E-state index is 4.44. The van der Waals surface area contributed by atoms with Gasteiger partial charge in [0.25, 0.3) is 0 Å². The van der Waals surface area contributed by atoms with Crippen LogP contribution < -0.4 is 5.32 Å². The SMILES string of the molecule is CCCc1nsc(NC(C)Cn2cccn2)n1. The molecule has 1 unspecified atom stereocenters. The van der Waals surface area contributed by atoms with Gasteiger partial charge in [-0.1, -0.05) is 6.92 Å². The topological polar surface area (TPSA) is 55.6 Å². The molecule has 17 heavy (non-hydrogen) atoms. The molecule has 0 bridgehead atoms. The predicted octanol–water partition coefficient (Wildman–Crippen LogP) is 2.19. The van der Waals surface area contributed by atoms with Gasteiger partial charge in [0.15, 0.2) is 0 Å². The van der Waals surface area contributed by atoms with E-state index in [1.54, 1.807) is 6.20 Å². The fraction of sp³-hybridized carbons (Fsp3) is 0.545. The van der Waals surface area contributed by atoms with E-state index in [9.17, 15) is 0 Å². The van der Waals surface area contributed by atoms with Gasteiger partial charge in [0.1, 0.15) is 5.82 Å². The first-order chi connectivity index (χ1) is 8.28. The van der Waals surface area contributed by atoms with E-state index in [0.29, 0.717) is 0 Å². The zero-order chi connectivity index (χ0) is 12.1. The van der Waals surface area contributed by atoms with Crippen molar-refractivity contribution >= 4 is 16.7 Å². The Hall–Kier alpha value is -1.43. The number of anilines is 1. The van der Waals surface area contributed by atoms with Crippen LogP contribution in [0.1, 0.15) is 26.1 Å². The molecule has 5 nitrogen and oxygen atoms in total. The van der Waals surface area contributed by atoms with Gasteiger partial charge < -0.3 is 5.32 Å². The van der Waals surface area contributed by atoms with Crippen LogP contribution in [0.15, 0.2) is 18.5 Å². The van der Waals surface area contributed by atoms with Crippen molar-refractivity contribution in [3.8, 4) is 0 Å². The number of rotatable bonds is 6. The summed E-state index contributed by atoms with van der Waals surface area (Å²) >= 11 is 1.43. The molecule has 2 aromatic heterocycles. The van der Waals surface area contributed by atoms with Crippen molar-refractivity contribution in [3.63, 3.8) is 0 Å². The normalized spacial score (nSPS) is 12.6. The highest BCUT2D eigenvalue weighted by atomic mass is 32.1. The largest absolute Gasteiger partial charge is 0.356 e. The summed E-state index contributed by atoms with van der Waals surface area (Å²) in [7, 11) is 0. The van der Waals surface area contributed by atoms with Gasteiger partial charge in [-0.15, -0.1) is 0 Å². The maximum Gasteiger partial charge on any atom is 0.202 e. The minimum absolute atomic E-state index is 0.289. The lowest BCUT2D eigenvalue weighted by Crippen LogP contribution is -2.22. The second kappa shape index (κ2) is 5.77. The third-order valence-electron chi connectivity index (χ3n) is 2.33. The maximum absolute atomic E-state index is 4.44. The summed E-state index contributed by atoms with van der Waals surface area (Å²) in [6.07, 6.45) is 5.78. The molecule has 0 fully saturated rings. The standard InChI is InChI=1S/C11H17N5S/c1-3-5-10-14-11(17-15-10)13-9(2)8-16-7-4-6-12-16/h4,6-7,9H,3,5,8H2,1-2H3,(H,13,14,15). The lowest BCUT2D eigenvalue weighted by molar-refractivity contribution is 0.560. The Morgan fingerprint density at radius 3 is 3.12 bits per heavy atom. The Balaban J connectivity index is 1.86. The molecule has 0 aliphatic rings. The average Bonchev–Trinajstić information content (AvgIpc) is 2.91. The van der Waals surface area contributed by atoms with E-state index in [-0.39, 0.29) is 6.04 Å². The van der Waals surface area contributed by atoms with Crippen molar-refractivity contribution in [1.82, 2.24) is 19.1 Å². The van der Waals surface area contributed by atoms with E-state index in [1.165, 1.54) is 11.5 Å². The molecule has 0 saturated heterocycles. The van der Waals surface area contributed by atoms with Crippen LogP contribution in [0, 0.1) is 0 Å². The smallest absolute Gasteiger partial charge is 0.202 e. The lowest BCUT2D eigenvalue weighted by atomic mass is 10.3. The quantitative estimate of drug-likeness (QED) is 0.855. The fourth-order valence-electron chi connectivity index (χ4n) is 1.58. The van der Waals surface area contributed by atoms with Crippen molar-refractivity contribution in [2.75, 3.05) is 5.32 Å². The van der Waals surface area contributed by atoms with Crippen LogP contribution in [-0.4, -0.2) is 25.2 Å². The molecule has 2 heterocycles. The van der Waals surface area contributed by atoms with E-state index in [1.807, 2.05) is 16.9 Å². The van der Waals surface area contributed by atoms with Crippen LogP contribution in [0.2, 0.25) is 0 Å². The monoisotopic (exact) mass is 251 g/mol. The molecule has 0 spiro atoms. The number of aryl methyl sites for hydroxylation is 1. The second-order valence-electron chi connectivity index (χ2n) is 4.04. The molecular formula is C11H17N5S. The summed E-state index contributed by atoms with van der Waals surface area (Å²) in [5.74, 6) is 0.936. The number of hydrogen-bond donors (Lipinski definition) is 1. The summed E-state index contributed by atoms with van der Waals surface area (Å²) in [6, 6.07) is 2.22. The van der Waals surface area contributed by atoms with Crippen LogP contribution in [-0.2, 0) is 13.0 Å². The molecule has 2 aromatic rings. The fourth-order valence-corrected chi connectivity index (χ4v) is 2.31. The Labute approximate surface area is 105 Å². The number of aromatic nitrogens is 4. The van der Waals surface area contributed by atoms with Gasteiger partial charge >= 0.3 is 0 Å². The van der Waals surface area contributed by atoms with Gasteiger partial charge in [0.05, 0.1) is 6.54 Å². The van der Waals surface area contributed by atoms with Crippen molar-refractivity contribution in [1.29, 1.82) is 0 Å². The minimum Gasteiger partial charge on any atom is -0.356 e. The van der Waals surface area contributed by atoms with E-state index in [2.05, 4.69) is 33.6 Å². The van der Waals surface area contributed by atoms with Crippen molar-refractivity contribution in [2.45, 2.75) is 39.3 Å². The first-order valence-corrected chi connectivity index (χ1v) is 6.62. The summed E-state index contributed by atoms with van der Waals surface area (Å²) in [5.41, 5.74) is 0. The van der Waals surface area contributed by atoms with Gasteiger partial charge in [-0.3, -0.25) is 4.68 Å². The second-order valence-corrected chi connectivity index (χ2v) is 4.79. The van der Waals surface area contributed by atoms with Gasteiger partial charge in [0, 0.05) is 36.4 Å². The molecule has 6 heteroatoms. The van der Waals surface area contributed by atoms with Crippen molar-refractivity contribution < 1.29 is 0 Å². The van der Waals surface area contributed by atoms with Crippen LogP contribution in [0.4, 0.5) is 5.13 Å². The molecule has 0 radical (unpaired) electrons. The molecule has 0 saturated carbocycles. The zero-order valence-corrected chi connectivity index (χ0v) is 10.9. The molecule has 92 valence electrons. The highest BCUT2D eigenvalue weighted by Crippen LogP contribution is 2.13. The number of hydrogen-bond acceptors (Lipinski definition) is 5. The van der Waals surface area contributed by atoms with Crippen molar-refractivity contribution in [3.05, 3.63) is 24.3 Å². The van der Waals surface area contributed by atoms with Crippen LogP contribution in [0.25, 0.3) is 0 Å². The van der Waals surface area contributed by atoms with E-state index in [4.69, 9.17) is 0 Å². The Bertz CT molecular complexity index is 436. The molecular weight excluding hydrogens is 234 g/mol. The highest BCUT2D eigenvalue weighted by Gasteiger charge is 2.07. The average molecular weight is 251 g/mol. The van der Waals surface area contributed by atoms with Gasteiger partial charge in [0.2, 0.25) is 5.13 Å². The summed E-state index contributed by atoms with van der Waals surface area (Å²) in [5, 5.41) is 8.42. The molecule has 2 rings (SSSR count). The zero-order valence-electron chi connectivity index (χ0n) is 10.1. The minimum atomic E-state index is 0.289. The van der Waals surface area contributed by atoms with Gasteiger partial charge in [-0.25, -0.2) is 4.98 Å². The van der Waals surface area contributed by atoms with E-state index in [0.717, 1.165) is 30.3 Å². The van der Waals surface area contributed by atoms with Crippen molar-refractivity contribution in [2.24, 2.45) is 0 Å². The number of nitrogens with one attached hydrogen (secondary N) is 1. The molecule has 0 aromatic carbocycles. The molecule has 1 N–H and O–H groups in total. The molecule has 0 amide bonds. The molecule has 1 atom stereocenters. The number of nitrogens with zero attached hydrogens (tertiary/aromatic N) is 4. The third-order valence-corrected chi connectivity index (χ3v) is 3.02. The Morgan fingerprint density at radius 2 is 2.41 bits per heavy atom. The lowest BCUT2D eigenvalue weighted by Gasteiger charge is -2.12. The molecule has 0 aliphatic heterocycles. The molecule has 0 aliphatic carbocycles. The van der Waals surface area contributed by atoms with Crippen LogP contribution in [0.3, 0.4) is 0 Å². The Kier molecular flexibility index (Phi) is 4.08. The third kappa shape index (κ3) is 3.52. The highest BCUT2D eigenvalue weighted by molar-refractivity contribution is 7.09. The van der Waals surface area contributed by atoms with Gasteiger partial charge in [-0.2, -0.15) is 9.47 Å². The predicted molar refractivity (Wildman–Crippen MR) is 69.2 cm³/mol. The van der Waals surface area contributed by atoms with E-state index < -0.39 is 0 Å². The first-order valence-electron chi connectivity index (χ1n) is 5.84. The van der Waals surface area contributed by atoms with E-state index >= 15 is 0 Å². The summed E-state index contributed by atoms with van der Waals surface area (Å²) in [4.78, 5) is 4.44. The summed E-state index contributed by atoms with van der Waals surface area (Å²) < 4.78 is 6.21. The Morgan fingerprint density at radius 1 is 1.53 bits per heavy atom. The van der Waals surface area contributed by atoms with Crippen LogP contribution in [0.5, 0.6) is 0 Å². The first kappa shape index (κ1) is 12.0. The van der Waals surface area contributed by atoms with Crippen LogP contribution >= 0.6 is 11.5 Å². The van der Waals surface area contributed by atoms with Gasteiger partial charge in [-0.05, 0) is 19.4 Å².